The average Bonchev–Trinajstić information content (AvgIpc) is 2.94. The lowest BCUT2D eigenvalue weighted by Gasteiger charge is -2.17. The Kier molecular flexibility index (Phi) is 4.68. The van der Waals surface area contributed by atoms with Gasteiger partial charge in [0.2, 0.25) is 5.91 Å². The van der Waals surface area contributed by atoms with Gasteiger partial charge in [-0.15, -0.1) is 0 Å². The van der Waals surface area contributed by atoms with Gasteiger partial charge < -0.3 is 10.2 Å². The van der Waals surface area contributed by atoms with Crippen LogP contribution >= 0.6 is 0 Å². The summed E-state index contributed by atoms with van der Waals surface area (Å²) >= 11 is 0. The Bertz CT molecular complexity index is 575. The minimum atomic E-state index is -4.64. The van der Waals surface area contributed by atoms with Crippen LogP contribution in [0, 0.1) is 0 Å². The third-order valence-electron chi connectivity index (χ3n) is 3.55. The van der Waals surface area contributed by atoms with Crippen molar-refractivity contribution < 1.29 is 22.8 Å². The molecular weight excluding hydrogens is 299 g/mol. The fraction of sp³-hybridized carbons (Fsp3) is 0.500. The first-order valence-corrected chi connectivity index (χ1v) is 6.92. The van der Waals surface area contributed by atoms with E-state index in [1.807, 2.05) is 0 Å². The Balaban J connectivity index is 2.07. The summed E-state index contributed by atoms with van der Waals surface area (Å²) in [4.78, 5) is 28.6. The fourth-order valence-electron chi connectivity index (χ4n) is 2.41. The van der Waals surface area contributed by atoms with E-state index in [0.29, 0.717) is 32.1 Å². The summed E-state index contributed by atoms with van der Waals surface area (Å²) < 4.78 is 38.6. The van der Waals surface area contributed by atoms with Crippen molar-refractivity contribution in [3.8, 4) is 0 Å². The fourth-order valence-corrected chi connectivity index (χ4v) is 2.41. The normalized spacial score (nSPS) is 18.4. The van der Waals surface area contributed by atoms with E-state index in [0.717, 1.165) is 12.3 Å². The molecule has 0 bridgehead atoms. The van der Waals surface area contributed by atoms with E-state index in [1.165, 1.54) is 0 Å². The van der Waals surface area contributed by atoms with Crippen LogP contribution in [0.25, 0.3) is 0 Å². The highest BCUT2D eigenvalue weighted by Crippen LogP contribution is 2.31. The summed E-state index contributed by atoms with van der Waals surface area (Å²) in [6.07, 6.45) is -1.96. The van der Waals surface area contributed by atoms with Crippen LogP contribution in [-0.2, 0) is 11.0 Å². The van der Waals surface area contributed by atoms with Gasteiger partial charge in [-0.3, -0.25) is 14.6 Å². The molecule has 0 saturated carbocycles. The molecule has 1 aromatic rings. The molecule has 0 spiro atoms. The molecule has 1 aromatic heterocycles. The number of amides is 2. The minimum absolute atomic E-state index is 0.0309. The maximum absolute atomic E-state index is 12.9. The van der Waals surface area contributed by atoms with Crippen molar-refractivity contribution in [3.63, 3.8) is 0 Å². The summed E-state index contributed by atoms with van der Waals surface area (Å²) in [7, 11) is 0. The minimum Gasteiger partial charge on any atom is -0.347 e. The first kappa shape index (κ1) is 16.3. The van der Waals surface area contributed by atoms with Crippen LogP contribution in [0.2, 0.25) is 0 Å². The van der Waals surface area contributed by atoms with E-state index in [9.17, 15) is 22.8 Å². The quantitative estimate of drug-likeness (QED) is 0.926. The Morgan fingerprint density at radius 2 is 2.18 bits per heavy atom. The molecule has 22 heavy (non-hydrogen) atoms. The predicted molar refractivity (Wildman–Crippen MR) is 72.0 cm³/mol. The van der Waals surface area contributed by atoms with Gasteiger partial charge in [0, 0.05) is 37.9 Å². The largest absolute Gasteiger partial charge is 0.418 e. The molecule has 2 amide bonds. The predicted octanol–water partition coefficient (Wildman–Crippen LogP) is 1.84. The second kappa shape index (κ2) is 6.33. The molecule has 0 aliphatic carbocycles. The number of halogens is 3. The number of hydrogen-bond acceptors (Lipinski definition) is 3. The second-order valence-electron chi connectivity index (χ2n) is 5.07. The highest BCUT2D eigenvalue weighted by Gasteiger charge is 2.36. The van der Waals surface area contributed by atoms with Crippen molar-refractivity contribution in [2.45, 2.75) is 32.0 Å². The molecule has 1 fully saturated rings. The van der Waals surface area contributed by atoms with Gasteiger partial charge in [-0.05, 0) is 12.5 Å². The molecule has 0 aromatic carbocycles. The Morgan fingerprint density at radius 1 is 1.45 bits per heavy atom. The maximum Gasteiger partial charge on any atom is 0.418 e. The Labute approximate surface area is 125 Å². The zero-order valence-electron chi connectivity index (χ0n) is 12.0. The van der Waals surface area contributed by atoms with E-state index in [2.05, 4.69) is 10.3 Å². The van der Waals surface area contributed by atoms with Crippen LogP contribution in [0.15, 0.2) is 18.5 Å². The monoisotopic (exact) mass is 315 g/mol. The van der Waals surface area contributed by atoms with Crippen LogP contribution < -0.4 is 5.32 Å². The molecule has 1 aliphatic heterocycles. The molecule has 120 valence electrons. The van der Waals surface area contributed by atoms with Gasteiger partial charge in [0.05, 0.1) is 11.1 Å². The van der Waals surface area contributed by atoms with Crippen molar-refractivity contribution >= 4 is 11.8 Å². The summed E-state index contributed by atoms with van der Waals surface area (Å²) in [5.41, 5.74) is -1.52. The van der Waals surface area contributed by atoms with Crippen LogP contribution in [0.5, 0.6) is 0 Å². The first-order valence-electron chi connectivity index (χ1n) is 6.92. The molecule has 2 heterocycles. The van der Waals surface area contributed by atoms with Gasteiger partial charge in [-0.1, -0.05) is 6.92 Å². The van der Waals surface area contributed by atoms with E-state index < -0.39 is 23.2 Å². The van der Waals surface area contributed by atoms with E-state index in [-0.39, 0.29) is 11.9 Å². The number of alkyl halides is 3. The number of likely N-dealkylation sites (tertiary alicyclic amines) is 1. The molecule has 1 aliphatic rings. The third-order valence-corrected chi connectivity index (χ3v) is 3.55. The lowest BCUT2D eigenvalue weighted by molar-refractivity contribution is -0.138. The van der Waals surface area contributed by atoms with Gasteiger partial charge >= 0.3 is 6.18 Å². The Morgan fingerprint density at radius 3 is 2.82 bits per heavy atom. The van der Waals surface area contributed by atoms with Crippen LogP contribution in [0.1, 0.15) is 35.7 Å². The number of pyridine rings is 1. The molecule has 0 radical (unpaired) electrons. The van der Waals surface area contributed by atoms with Crippen molar-refractivity contribution in [2.24, 2.45) is 0 Å². The molecular formula is C14H16F3N3O2. The highest BCUT2D eigenvalue weighted by atomic mass is 19.4. The number of nitrogens with one attached hydrogen (secondary N) is 1. The summed E-state index contributed by atoms with van der Waals surface area (Å²) in [5, 5.41) is 2.56. The van der Waals surface area contributed by atoms with Gasteiger partial charge in [-0.25, -0.2) is 0 Å². The highest BCUT2D eigenvalue weighted by molar-refractivity contribution is 5.96. The molecule has 1 saturated heterocycles. The smallest absolute Gasteiger partial charge is 0.347 e. The van der Waals surface area contributed by atoms with E-state index in [1.54, 1.807) is 11.8 Å². The number of nitrogens with zero attached hydrogens (tertiary/aromatic N) is 2. The number of carbonyl (C=O) groups excluding carboxylic acids is 2. The molecule has 1 N–H and O–H groups in total. The molecule has 1 unspecified atom stereocenters. The molecule has 8 heteroatoms. The second-order valence-corrected chi connectivity index (χ2v) is 5.07. The molecule has 5 nitrogen and oxygen atoms in total. The van der Waals surface area contributed by atoms with Gasteiger partial charge in [0.15, 0.2) is 0 Å². The van der Waals surface area contributed by atoms with E-state index in [4.69, 9.17) is 0 Å². The van der Waals surface area contributed by atoms with Crippen LogP contribution in [0.4, 0.5) is 13.2 Å². The summed E-state index contributed by atoms with van der Waals surface area (Å²) in [6.45, 7) is 2.56. The Hall–Kier alpha value is -2.12. The number of hydrogen-bond donors (Lipinski definition) is 1. The third kappa shape index (κ3) is 3.55. The number of carbonyl (C=O) groups is 2. The van der Waals surface area contributed by atoms with Crippen LogP contribution in [-0.4, -0.2) is 40.8 Å². The number of aromatic nitrogens is 1. The zero-order valence-corrected chi connectivity index (χ0v) is 12.0. The molecule has 1 atom stereocenters. The van der Waals surface area contributed by atoms with Crippen molar-refractivity contribution in [1.82, 2.24) is 15.2 Å². The van der Waals surface area contributed by atoms with Crippen molar-refractivity contribution in [1.29, 1.82) is 0 Å². The van der Waals surface area contributed by atoms with Crippen LogP contribution in [0.3, 0.4) is 0 Å². The average molecular weight is 315 g/mol. The molecule has 2 rings (SSSR count). The van der Waals surface area contributed by atoms with Gasteiger partial charge in [-0.2, -0.15) is 13.2 Å². The maximum atomic E-state index is 12.9. The zero-order chi connectivity index (χ0) is 16.3. The van der Waals surface area contributed by atoms with Crippen molar-refractivity contribution in [3.05, 3.63) is 29.6 Å². The number of rotatable bonds is 3. The lowest BCUT2D eigenvalue weighted by Crippen LogP contribution is -2.39. The summed E-state index contributed by atoms with van der Waals surface area (Å²) in [6, 6.07) is 0.708. The standard InChI is InChI=1S/C14H16F3N3O2/c1-2-12(21)20-6-4-9(8-20)19-13(22)10-3-5-18-7-11(10)14(15,16)17/h3,5,7,9H,2,4,6,8H2,1H3,(H,19,22). The topological polar surface area (TPSA) is 62.3 Å². The summed E-state index contributed by atoms with van der Waals surface area (Å²) in [5.74, 6) is -0.831. The van der Waals surface area contributed by atoms with Crippen molar-refractivity contribution in [2.75, 3.05) is 13.1 Å². The van der Waals surface area contributed by atoms with Gasteiger partial charge in [0.1, 0.15) is 0 Å². The SMILES string of the molecule is CCC(=O)N1CCC(NC(=O)c2ccncc2C(F)(F)F)C1. The first-order chi connectivity index (χ1) is 10.3. The lowest BCUT2D eigenvalue weighted by atomic mass is 10.1. The van der Waals surface area contributed by atoms with E-state index >= 15 is 0 Å². The van der Waals surface area contributed by atoms with Gasteiger partial charge in [0.25, 0.3) is 5.91 Å².